The number of hydrogen-bond donors (Lipinski definition) is 1. The van der Waals surface area contributed by atoms with Gasteiger partial charge < -0.3 is 5.32 Å². The molecule has 1 aromatic heterocycles. The summed E-state index contributed by atoms with van der Waals surface area (Å²) in [5.74, 6) is 0. The zero-order valence-electron chi connectivity index (χ0n) is 13.0. The molecule has 0 atom stereocenters. The second kappa shape index (κ2) is 7.08. The lowest BCUT2D eigenvalue weighted by Crippen LogP contribution is -2.03. The van der Waals surface area contributed by atoms with Crippen molar-refractivity contribution in [3.8, 4) is 11.3 Å². The summed E-state index contributed by atoms with van der Waals surface area (Å²) in [4.78, 5) is 4.81. The highest BCUT2D eigenvalue weighted by atomic mass is 14.9. The molecule has 0 aliphatic carbocycles. The summed E-state index contributed by atoms with van der Waals surface area (Å²) in [6.45, 7) is 3.24. The van der Waals surface area contributed by atoms with E-state index in [-0.39, 0.29) is 0 Å². The predicted molar refractivity (Wildman–Crippen MR) is 95.2 cm³/mol. The zero-order valence-corrected chi connectivity index (χ0v) is 13.0. The second-order valence-electron chi connectivity index (χ2n) is 5.57. The molecule has 2 heteroatoms. The molecule has 2 aromatic carbocycles. The number of fused-ring (bicyclic) bond motifs is 1. The van der Waals surface area contributed by atoms with Crippen molar-refractivity contribution in [1.82, 2.24) is 4.98 Å². The van der Waals surface area contributed by atoms with Crippen LogP contribution in [0.15, 0.2) is 60.7 Å². The number of anilines is 1. The maximum atomic E-state index is 4.81. The van der Waals surface area contributed by atoms with E-state index in [1.54, 1.807) is 0 Å². The van der Waals surface area contributed by atoms with Gasteiger partial charge >= 0.3 is 0 Å². The number of unbranched alkanes of at least 4 members (excludes halogenated alkanes) is 2. The van der Waals surface area contributed by atoms with Gasteiger partial charge in [-0.2, -0.15) is 0 Å². The molecule has 0 spiro atoms. The van der Waals surface area contributed by atoms with Crippen molar-refractivity contribution in [3.05, 3.63) is 60.7 Å². The van der Waals surface area contributed by atoms with Crippen LogP contribution in [0.4, 0.5) is 5.69 Å². The molecule has 3 rings (SSSR count). The van der Waals surface area contributed by atoms with Gasteiger partial charge in [0.05, 0.1) is 11.2 Å². The van der Waals surface area contributed by atoms with Gasteiger partial charge in [0.1, 0.15) is 0 Å². The van der Waals surface area contributed by atoms with E-state index in [1.165, 1.54) is 30.3 Å². The molecule has 1 heterocycles. The summed E-state index contributed by atoms with van der Waals surface area (Å²) in [6, 6.07) is 20.9. The summed E-state index contributed by atoms with van der Waals surface area (Å²) in [6.07, 6.45) is 3.71. The van der Waals surface area contributed by atoms with Crippen molar-refractivity contribution in [1.29, 1.82) is 0 Å². The van der Waals surface area contributed by atoms with Crippen LogP contribution in [0.2, 0.25) is 0 Å². The molecule has 2 nitrogen and oxygen atoms in total. The molecule has 3 aromatic rings. The number of nitrogens with zero attached hydrogens (tertiary/aromatic N) is 1. The third-order valence-corrected chi connectivity index (χ3v) is 3.88. The average Bonchev–Trinajstić information content (AvgIpc) is 2.59. The van der Waals surface area contributed by atoms with Crippen molar-refractivity contribution >= 4 is 16.6 Å². The summed E-state index contributed by atoms with van der Waals surface area (Å²) < 4.78 is 0. The number of rotatable bonds is 6. The molecule has 0 saturated carbocycles. The lowest BCUT2D eigenvalue weighted by molar-refractivity contribution is 0.744. The Morgan fingerprint density at radius 2 is 1.68 bits per heavy atom. The Morgan fingerprint density at radius 1 is 0.909 bits per heavy atom. The first-order chi connectivity index (χ1) is 10.9. The number of hydrogen-bond acceptors (Lipinski definition) is 2. The molecular weight excluding hydrogens is 268 g/mol. The van der Waals surface area contributed by atoms with Crippen molar-refractivity contribution < 1.29 is 0 Å². The van der Waals surface area contributed by atoms with Gasteiger partial charge in [0.15, 0.2) is 0 Å². The summed E-state index contributed by atoms with van der Waals surface area (Å²) in [7, 11) is 0. The fraction of sp³-hybridized carbons (Fsp3) is 0.250. The molecule has 0 aliphatic rings. The van der Waals surface area contributed by atoms with Gasteiger partial charge in [0, 0.05) is 23.2 Å². The van der Waals surface area contributed by atoms with Crippen molar-refractivity contribution in [2.45, 2.75) is 26.2 Å². The number of para-hydroxylation sites is 1. The van der Waals surface area contributed by atoms with Gasteiger partial charge in [0.25, 0.3) is 0 Å². The topological polar surface area (TPSA) is 24.9 Å². The standard InChI is InChI=1S/C20H22N2/c1-2-3-9-14-21-20-15-19(16-10-5-4-6-11-16)22-18-13-8-7-12-17(18)20/h4-8,10-13,15H,2-3,9,14H2,1H3,(H,21,22). The van der Waals surface area contributed by atoms with Gasteiger partial charge in [0.2, 0.25) is 0 Å². The van der Waals surface area contributed by atoms with Crippen LogP contribution in [-0.4, -0.2) is 11.5 Å². The van der Waals surface area contributed by atoms with Crippen LogP contribution in [0.1, 0.15) is 26.2 Å². The summed E-state index contributed by atoms with van der Waals surface area (Å²) >= 11 is 0. The molecule has 0 unspecified atom stereocenters. The normalized spacial score (nSPS) is 10.8. The SMILES string of the molecule is CCCCCNc1cc(-c2ccccc2)nc2ccccc12. The van der Waals surface area contributed by atoms with E-state index >= 15 is 0 Å². The van der Waals surface area contributed by atoms with Crippen LogP contribution in [0, 0.1) is 0 Å². The molecule has 112 valence electrons. The van der Waals surface area contributed by atoms with E-state index in [0.29, 0.717) is 0 Å². The highest BCUT2D eigenvalue weighted by Gasteiger charge is 2.06. The van der Waals surface area contributed by atoms with Crippen molar-refractivity contribution in [2.24, 2.45) is 0 Å². The lowest BCUT2D eigenvalue weighted by atomic mass is 10.1. The molecule has 0 aliphatic heterocycles. The van der Waals surface area contributed by atoms with Gasteiger partial charge in [-0.05, 0) is 18.6 Å². The van der Waals surface area contributed by atoms with Gasteiger partial charge in [-0.15, -0.1) is 0 Å². The maximum absolute atomic E-state index is 4.81. The van der Waals surface area contributed by atoms with Crippen LogP contribution >= 0.6 is 0 Å². The quantitative estimate of drug-likeness (QED) is 0.606. The van der Waals surface area contributed by atoms with Gasteiger partial charge in [-0.25, -0.2) is 4.98 Å². The van der Waals surface area contributed by atoms with E-state index in [9.17, 15) is 0 Å². The smallest absolute Gasteiger partial charge is 0.0730 e. The van der Waals surface area contributed by atoms with Crippen LogP contribution in [0.3, 0.4) is 0 Å². The maximum Gasteiger partial charge on any atom is 0.0730 e. The molecule has 0 saturated heterocycles. The molecule has 0 amide bonds. The highest BCUT2D eigenvalue weighted by Crippen LogP contribution is 2.28. The fourth-order valence-corrected chi connectivity index (χ4v) is 2.68. The van der Waals surface area contributed by atoms with E-state index in [1.807, 2.05) is 12.1 Å². The Bertz CT molecular complexity index is 735. The van der Waals surface area contributed by atoms with Crippen LogP contribution in [0.5, 0.6) is 0 Å². The summed E-state index contributed by atoms with van der Waals surface area (Å²) in [5, 5.41) is 4.79. The number of nitrogens with one attached hydrogen (secondary N) is 1. The first-order valence-corrected chi connectivity index (χ1v) is 8.07. The first-order valence-electron chi connectivity index (χ1n) is 8.07. The third-order valence-electron chi connectivity index (χ3n) is 3.88. The van der Waals surface area contributed by atoms with E-state index in [4.69, 9.17) is 4.98 Å². The van der Waals surface area contributed by atoms with Crippen LogP contribution in [0.25, 0.3) is 22.2 Å². The first kappa shape index (κ1) is 14.6. The van der Waals surface area contributed by atoms with Crippen LogP contribution in [-0.2, 0) is 0 Å². The van der Waals surface area contributed by atoms with E-state index < -0.39 is 0 Å². The van der Waals surface area contributed by atoms with Crippen molar-refractivity contribution in [3.63, 3.8) is 0 Å². The monoisotopic (exact) mass is 290 g/mol. The highest BCUT2D eigenvalue weighted by molar-refractivity contribution is 5.93. The minimum atomic E-state index is 1.01. The van der Waals surface area contributed by atoms with Crippen molar-refractivity contribution in [2.75, 3.05) is 11.9 Å². The Kier molecular flexibility index (Phi) is 4.69. The van der Waals surface area contributed by atoms with Crippen LogP contribution < -0.4 is 5.32 Å². The Morgan fingerprint density at radius 3 is 2.50 bits per heavy atom. The second-order valence-corrected chi connectivity index (χ2v) is 5.57. The zero-order chi connectivity index (χ0) is 15.2. The third kappa shape index (κ3) is 3.28. The van der Waals surface area contributed by atoms with Gasteiger partial charge in [-0.3, -0.25) is 0 Å². The molecule has 22 heavy (non-hydrogen) atoms. The largest absolute Gasteiger partial charge is 0.384 e. The number of aromatic nitrogens is 1. The lowest BCUT2D eigenvalue weighted by Gasteiger charge is -2.12. The minimum absolute atomic E-state index is 1.01. The average molecular weight is 290 g/mol. The Labute approximate surface area is 132 Å². The molecule has 0 bridgehead atoms. The number of pyridine rings is 1. The fourth-order valence-electron chi connectivity index (χ4n) is 2.68. The van der Waals surface area contributed by atoms with Gasteiger partial charge in [-0.1, -0.05) is 68.3 Å². The Hall–Kier alpha value is -2.35. The predicted octanol–water partition coefficient (Wildman–Crippen LogP) is 5.50. The Balaban J connectivity index is 1.97. The molecule has 0 fully saturated rings. The molecule has 1 N–H and O–H groups in total. The molecule has 0 radical (unpaired) electrons. The minimum Gasteiger partial charge on any atom is -0.384 e. The van der Waals surface area contributed by atoms with E-state index in [2.05, 4.69) is 60.8 Å². The molecular formula is C20H22N2. The number of benzene rings is 2. The van der Waals surface area contributed by atoms with E-state index in [0.717, 1.165) is 23.3 Å². The summed E-state index contributed by atoms with van der Waals surface area (Å²) in [5.41, 5.74) is 4.41.